The number of carbonyl (C=O) groups excluding carboxylic acids is 1. The third kappa shape index (κ3) is 2.78. The van der Waals surface area contributed by atoms with Crippen molar-refractivity contribution < 1.29 is 4.79 Å². The molecule has 68 valence electrons. The summed E-state index contributed by atoms with van der Waals surface area (Å²) in [6.07, 6.45) is 6.11. The molecule has 0 radical (unpaired) electrons. The minimum atomic E-state index is 0.127. The predicted octanol–water partition coefficient (Wildman–Crippen LogP) is 1.52. The largest absolute Gasteiger partial charge is 0.311 e. The van der Waals surface area contributed by atoms with E-state index in [1.807, 2.05) is 19.9 Å². The highest BCUT2D eigenvalue weighted by atomic mass is 16.1. The molecule has 1 heterocycles. The number of nitrogens with one attached hydrogen (secondary N) is 1. The van der Waals surface area contributed by atoms with Crippen molar-refractivity contribution in [3.05, 3.63) is 12.2 Å². The Morgan fingerprint density at radius 3 is 2.83 bits per heavy atom. The quantitative estimate of drug-likeness (QED) is 0.646. The zero-order chi connectivity index (χ0) is 8.97. The second kappa shape index (κ2) is 4.41. The number of allylic oxidation sites excluding steroid dienone is 1. The molecule has 0 spiro atoms. The van der Waals surface area contributed by atoms with Crippen molar-refractivity contribution >= 4 is 5.78 Å². The third-order valence-corrected chi connectivity index (χ3v) is 2.16. The smallest absolute Gasteiger partial charge is 0.157 e. The standard InChI is InChI=1S/C10H17NO/c1-8(2)10(12)6-5-9-4-3-7-11-9/h5-6,8-9,11H,3-4,7H2,1-2H3/b6-5+. The predicted molar refractivity (Wildman–Crippen MR) is 50.0 cm³/mol. The van der Waals surface area contributed by atoms with Crippen LogP contribution in [0.3, 0.4) is 0 Å². The molecular formula is C10H17NO. The first-order chi connectivity index (χ1) is 5.70. The monoisotopic (exact) mass is 167 g/mol. The molecule has 0 aliphatic carbocycles. The van der Waals surface area contributed by atoms with Crippen molar-refractivity contribution in [2.45, 2.75) is 32.7 Å². The molecule has 1 unspecified atom stereocenters. The molecule has 1 fully saturated rings. The van der Waals surface area contributed by atoms with E-state index in [2.05, 4.69) is 5.32 Å². The van der Waals surface area contributed by atoms with Gasteiger partial charge in [-0.25, -0.2) is 0 Å². The first kappa shape index (κ1) is 9.46. The van der Waals surface area contributed by atoms with Crippen LogP contribution in [0.1, 0.15) is 26.7 Å². The van der Waals surface area contributed by atoms with Gasteiger partial charge in [-0.05, 0) is 25.5 Å². The van der Waals surface area contributed by atoms with Gasteiger partial charge in [-0.15, -0.1) is 0 Å². The van der Waals surface area contributed by atoms with Gasteiger partial charge in [-0.3, -0.25) is 4.79 Å². The molecule has 1 rings (SSSR count). The van der Waals surface area contributed by atoms with Gasteiger partial charge in [0.15, 0.2) is 5.78 Å². The van der Waals surface area contributed by atoms with Crippen LogP contribution in [-0.2, 0) is 4.79 Å². The maximum absolute atomic E-state index is 11.2. The van der Waals surface area contributed by atoms with E-state index in [9.17, 15) is 4.79 Å². The Morgan fingerprint density at radius 2 is 2.33 bits per heavy atom. The number of carbonyl (C=O) groups is 1. The van der Waals surface area contributed by atoms with Crippen LogP contribution in [0, 0.1) is 5.92 Å². The molecule has 2 nitrogen and oxygen atoms in total. The number of hydrogen-bond donors (Lipinski definition) is 1. The minimum Gasteiger partial charge on any atom is -0.311 e. The lowest BCUT2D eigenvalue weighted by Crippen LogP contribution is -2.19. The molecule has 0 bridgehead atoms. The second-order valence-electron chi connectivity index (χ2n) is 3.62. The minimum absolute atomic E-state index is 0.127. The van der Waals surface area contributed by atoms with Gasteiger partial charge in [0.1, 0.15) is 0 Å². The molecule has 1 saturated heterocycles. The lowest BCUT2D eigenvalue weighted by atomic mass is 10.1. The van der Waals surface area contributed by atoms with Gasteiger partial charge in [0.2, 0.25) is 0 Å². The van der Waals surface area contributed by atoms with Crippen LogP contribution in [0.15, 0.2) is 12.2 Å². The van der Waals surface area contributed by atoms with Crippen LogP contribution in [0.5, 0.6) is 0 Å². The summed E-state index contributed by atoms with van der Waals surface area (Å²) < 4.78 is 0. The van der Waals surface area contributed by atoms with Gasteiger partial charge >= 0.3 is 0 Å². The van der Waals surface area contributed by atoms with E-state index < -0.39 is 0 Å². The highest BCUT2D eigenvalue weighted by molar-refractivity contribution is 5.91. The number of ketones is 1. The lowest BCUT2D eigenvalue weighted by molar-refractivity contribution is -0.117. The van der Waals surface area contributed by atoms with Gasteiger partial charge in [0.05, 0.1) is 0 Å². The highest BCUT2D eigenvalue weighted by Crippen LogP contribution is 2.06. The van der Waals surface area contributed by atoms with Crippen molar-refractivity contribution in [3.63, 3.8) is 0 Å². The van der Waals surface area contributed by atoms with Crippen molar-refractivity contribution in [2.24, 2.45) is 5.92 Å². The van der Waals surface area contributed by atoms with Crippen molar-refractivity contribution in [3.8, 4) is 0 Å². The van der Waals surface area contributed by atoms with E-state index in [0.29, 0.717) is 6.04 Å². The van der Waals surface area contributed by atoms with Gasteiger partial charge < -0.3 is 5.32 Å². The van der Waals surface area contributed by atoms with E-state index in [0.717, 1.165) is 6.54 Å². The van der Waals surface area contributed by atoms with Crippen molar-refractivity contribution in [1.82, 2.24) is 5.32 Å². The first-order valence-electron chi connectivity index (χ1n) is 4.65. The number of rotatable bonds is 3. The van der Waals surface area contributed by atoms with Gasteiger partial charge in [-0.1, -0.05) is 19.9 Å². The second-order valence-corrected chi connectivity index (χ2v) is 3.62. The van der Waals surface area contributed by atoms with Gasteiger partial charge in [0.25, 0.3) is 0 Å². The van der Waals surface area contributed by atoms with E-state index in [1.165, 1.54) is 12.8 Å². The van der Waals surface area contributed by atoms with Crippen LogP contribution >= 0.6 is 0 Å². The summed E-state index contributed by atoms with van der Waals surface area (Å²) in [6, 6.07) is 0.438. The molecule has 0 aromatic carbocycles. The Labute approximate surface area is 74.0 Å². The third-order valence-electron chi connectivity index (χ3n) is 2.16. The van der Waals surface area contributed by atoms with E-state index in [-0.39, 0.29) is 11.7 Å². The fraction of sp³-hybridized carbons (Fsp3) is 0.700. The number of hydrogen-bond acceptors (Lipinski definition) is 2. The normalized spacial score (nSPS) is 24.1. The van der Waals surface area contributed by atoms with E-state index in [4.69, 9.17) is 0 Å². The Balaban J connectivity index is 2.33. The average molecular weight is 167 g/mol. The Morgan fingerprint density at radius 1 is 1.58 bits per heavy atom. The van der Waals surface area contributed by atoms with Crippen LogP contribution < -0.4 is 5.32 Å². The van der Waals surface area contributed by atoms with Crippen LogP contribution in [0.4, 0.5) is 0 Å². The van der Waals surface area contributed by atoms with Crippen molar-refractivity contribution in [2.75, 3.05) is 6.54 Å². The average Bonchev–Trinajstić information content (AvgIpc) is 2.51. The lowest BCUT2D eigenvalue weighted by Gasteiger charge is -2.02. The Hall–Kier alpha value is -0.630. The highest BCUT2D eigenvalue weighted by Gasteiger charge is 2.10. The fourth-order valence-electron chi connectivity index (χ4n) is 1.28. The molecular weight excluding hydrogens is 150 g/mol. The molecule has 2 heteroatoms. The van der Waals surface area contributed by atoms with Crippen LogP contribution in [-0.4, -0.2) is 18.4 Å². The van der Waals surface area contributed by atoms with Gasteiger partial charge in [-0.2, -0.15) is 0 Å². The molecule has 1 atom stereocenters. The summed E-state index contributed by atoms with van der Waals surface area (Å²) in [6.45, 7) is 4.94. The summed E-state index contributed by atoms with van der Waals surface area (Å²) in [4.78, 5) is 11.2. The molecule has 0 amide bonds. The Bertz CT molecular complexity index is 178. The van der Waals surface area contributed by atoms with E-state index >= 15 is 0 Å². The molecule has 1 N–H and O–H groups in total. The molecule has 1 aliphatic rings. The fourth-order valence-corrected chi connectivity index (χ4v) is 1.28. The topological polar surface area (TPSA) is 29.1 Å². The molecule has 1 aliphatic heterocycles. The SMILES string of the molecule is CC(C)C(=O)/C=C/C1CCCN1. The van der Waals surface area contributed by atoms with E-state index in [1.54, 1.807) is 6.08 Å². The summed E-state index contributed by atoms with van der Waals surface area (Å²) in [5.41, 5.74) is 0. The zero-order valence-corrected chi connectivity index (χ0v) is 7.84. The summed E-state index contributed by atoms with van der Waals surface area (Å²) in [5, 5.41) is 3.31. The van der Waals surface area contributed by atoms with Gasteiger partial charge in [0, 0.05) is 12.0 Å². The molecule has 12 heavy (non-hydrogen) atoms. The Kier molecular flexibility index (Phi) is 3.48. The summed E-state index contributed by atoms with van der Waals surface area (Å²) in [7, 11) is 0. The summed E-state index contributed by atoms with van der Waals surface area (Å²) in [5.74, 6) is 0.353. The zero-order valence-electron chi connectivity index (χ0n) is 7.84. The maximum atomic E-state index is 11.2. The molecule has 0 saturated carbocycles. The van der Waals surface area contributed by atoms with Crippen LogP contribution in [0.2, 0.25) is 0 Å². The van der Waals surface area contributed by atoms with Crippen LogP contribution in [0.25, 0.3) is 0 Å². The molecule has 0 aromatic heterocycles. The van der Waals surface area contributed by atoms with Crippen molar-refractivity contribution in [1.29, 1.82) is 0 Å². The molecule has 0 aromatic rings. The first-order valence-corrected chi connectivity index (χ1v) is 4.65. The summed E-state index contributed by atoms with van der Waals surface area (Å²) >= 11 is 0. The maximum Gasteiger partial charge on any atom is 0.157 e.